The zero-order valence-electron chi connectivity index (χ0n) is 11.6. The molecule has 0 atom stereocenters. The number of imidazole rings is 1. The molecule has 0 saturated carbocycles. The molecule has 114 valence electrons. The second-order valence-electron chi connectivity index (χ2n) is 4.38. The fourth-order valence-corrected chi connectivity index (χ4v) is 1.70. The Morgan fingerprint density at radius 1 is 1.10 bits per heavy atom. The predicted molar refractivity (Wildman–Crippen MR) is 84.7 cm³/mol. The molecule has 3 aromatic rings. The van der Waals surface area contributed by atoms with Crippen molar-refractivity contribution in [2.24, 2.45) is 14.1 Å². The maximum atomic E-state index is 4.25. The third-order valence-corrected chi connectivity index (χ3v) is 2.69. The number of nitrogens with zero attached hydrogens (tertiary/aromatic N) is 6. The molecule has 6 heteroatoms. The summed E-state index contributed by atoms with van der Waals surface area (Å²) in [5, 5.41) is 0. The van der Waals surface area contributed by atoms with Crippen molar-refractivity contribution in [1.82, 2.24) is 24.5 Å². The van der Waals surface area contributed by atoms with Crippen LogP contribution in [0.1, 0.15) is 26.2 Å². The lowest BCUT2D eigenvalue weighted by Crippen LogP contribution is -2.27. The largest absolute Gasteiger partial charge is 0.316 e. The molecule has 0 fully saturated rings. The first kappa shape index (κ1) is 18.6. The van der Waals surface area contributed by atoms with E-state index in [1.165, 1.54) is 11.9 Å². The Labute approximate surface area is 126 Å². The first-order chi connectivity index (χ1) is 9.08. The van der Waals surface area contributed by atoms with Crippen LogP contribution in [0.4, 0.5) is 0 Å². The first-order valence-corrected chi connectivity index (χ1v) is 5.94. The summed E-state index contributed by atoms with van der Waals surface area (Å²) in [6, 6.07) is 0. The topological polar surface area (TPSA) is 60.4 Å². The molecule has 3 heterocycles. The van der Waals surface area contributed by atoms with Gasteiger partial charge in [0.05, 0.1) is 19.4 Å². The molecule has 0 aromatic carbocycles. The average molecular weight is 289 g/mol. The standard InChI is InChI=1S/C7H8N4.C6H9N2.2CH4/c1-5-10-6-3-8-4-9-7(6)11(5)2;1-6-3-7-5-8(2)4-6;;/h3-4H,1-2H3;3-5H,1-2H3;2*1H4/q;+1;;. The van der Waals surface area contributed by atoms with Gasteiger partial charge in [-0.3, -0.25) is 0 Å². The fourth-order valence-electron chi connectivity index (χ4n) is 1.70. The number of hydrogen-bond donors (Lipinski definition) is 0. The summed E-state index contributed by atoms with van der Waals surface area (Å²) in [7, 11) is 3.90. The molecule has 0 radical (unpaired) electrons. The summed E-state index contributed by atoms with van der Waals surface area (Å²) in [5.41, 5.74) is 2.93. The summed E-state index contributed by atoms with van der Waals surface area (Å²) in [6.07, 6.45) is 8.87. The van der Waals surface area contributed by atoms with Crippen LogP contribution in [0.25, 0.3) is 11.2 Å². The van der Waals surface area contributed by atoms with Crippen LogP contribution in [0.15, 0.2) is 31.2 Å². The third kappa shape index (κ3) is 4.59. The highest BCUT2D eigenvalue weighted by molar-refractivity contribution is 5.69. The van der Waals surface area contributed by atoms with Crippen molar-refractivity contribution in [3.63, 3.8) is 0 Å². The van der Waals surface area contributed by atoms with E-state index in [0.29, 0.717) is 0 Å². The molecule has 0 N–H and O–H groups in total. The molecule has 0 unspecified atom stereocenters. The van der Waals surface area contributed by atoms with E-state index < -0.39 is 0 Å². The van der Waals surface area contributed by atoms with Gasteiger partial charge in [-0.05, 0) is 13.8 Å². The van der Waals surface area contributed by atoms with Crippen LogP contribution in [0.2, 0.25) is 0 Å². The van der Waals surface area contributed by atoms with Crippen LogP contribution in [0, 0.1) is 13.8 Å². The van der Waals surface area contributed by atoms with Crippen molar-refractivity contribution in [1.29, 1.82) is 0 Å². The maximum Gasteiger partial charge on any atom is 0.285 e. The number of fused-ring (bicyclic) bond motifs is 1. The highest BCUT2D eigenvalue weighted by Crippen LogP contribution is 2.08. The Bertz CT molecular complexity index is 672. The van der Waals surface area contributed by atoms with E-state index in [1.807, 2.05) is 49.5 Å². The van der Waals surface area contributed by atoms with Gasteiger partial charge in [-0.15, -0.1) is 0 Å². The van der Waals surface area contributed by atoms with E-state index in [2.05, 4.69) is 19.9 Å². The van der Waals surface area contributed by atoms with Crippen LogP contribution in [-0.2, 0) is 14.1 Å². The Balaban J connectivity index is 0.000000363. The van der Waals surface area contributed by atoms with Gasteiger partial charge in [-0.25, -0.2) is 19.5 Å². The SMILES string of the molecule is C.C.Cc1cnc[n+](C)c1.Cc1nc2cncnc2n1C. The Morgan fingerprint density at radius 3 is 2.33 bits per heavy atom. The number of aryl methyl sites for hydroxylation is 4. The van der Waals surface area contributed by atoms with Gasteiger partial charge in [0.25, 0.3) is 6.33 Å². The summed E-state index contributed by atoms with van der Waals surface area (Å²) in [6.45, 7) is 3.97. The predicted octanol–water partition coefficient (Wildman–Crippen LogP) is 2.16. The zero-order chi connectivity index (χ0) is 13.8. The van der Waals surface area contributed by atoms with Gasteiger partial charge in [0.2, 0.25) is 0 Å². The van der Waals surface area contributed by atoms with Crippen LogP contribution in [0.3, 0.4) is 0 Å². The smallest absolute Gasteiger partial charge is 0.285 e. The fraction of sp³-hybridized carbons (Fsp3) is 0.400. The van der Waals surface area contributed by atoms with Gasteiger partial charge in [-0.2, -0.15) is 0 Å². The van der Waals surface area contributed by atoms with E-state index in [4.69, 9.17) is 0 Å². The number of hydrogen-bond acceptors (Lipinski definition) is 4. The summed E-state index contributed by atoms with van der Waals surface area (Å²) >= 11 is 0. The maximum absolute atomic E-state index is 4.25. The van der Waals surface area contributed by atoms with Gasteiger partial charge >= 0.3 is 0 Å². The van der Waals surface area contributed by atoms with E-state index >= 15 is 0 Å². The lowest BCUT2D eigenvalue weighted by molar-refractivity contribution is -0.674. The van der Waals surface area contributed by atoms with E-state index in [-0.39, 0.29) is 14.9 Å². The second kappa shape index (κ2) is 8.04. The number of aromatic nitrogens is 6. The Morgan fingerprint density at radius 2 is 1.81 bits per heavy atom. The van der Waals surface area contributed by atoms with E-state index in [1.54, 1.807) is 12.5 Å². The van der Waals surface area contributed by atoms with Gasteiger partial charge in [0.15, 0.2) is 5.65 Å². The molecule has 6 nitrogen and oxygen atoms in total. The lowest BCUT2D eigenvalue weighted by Gasteiger charge is -1.92. The molecule has 0 aliphatic carbocycles. The minimum atomic E-state index is 0. The monoisotopic (exact) mass is 289 g/mol. The van der Waals surface area contributed by atoms with Gasteiger partial charge in [0.1, 0.15) is 23.9 Å². The van der Waals surface area contributed by atoms with Crippen molar-refractivity contribution in [3.05, 3.63) is 42.6 Å². The summed E-state index contributed by atoms with van der Waals surface area (Å²) in [4.78, 5) is 16.2. The summed E-state index contributed by atoms with van der Waals surface area (Å²) < 4.78 is 3.87. The highest BCUT2D eigenvalue weighted by atomic mass is 15.1. The van der Waals surface area contributed by atoms with Crippen LogP contribution in [0.5, 0.6) is 0 Å². The third-order valence-electron chi connectivity index (χ3n) is 2.69. The van der Waals surface area contributed by atoms with Gasteiger partial charge in [0, 0.05) is 12.6 Å². The molecular weight excluding hydrogens is 264 g/mol. The molecule has 0 saturated heterocycles. The van der Waals surface area contributed by atoms with Crippen LogP contribution >= 0.6 is 0 Å². The highest BCUT2D eigenvalue weighted by Gasteiger charge is 2.02. The average Bonchev–Trinajstić information content (AvgIpc) is 2.66. The Kier molecular flexibility index (Phi) is 7.13. The van der Waals surface area contributed by atoms with E-state index in [0.717, 1.165) is 17.0 Å². The first-order valence-electron chi connectivity index (χ1n) is 5.94. The van der Waals surface area contributed by atoms with Crippen molar-refractivity contribution in [2.45, 2.75) is 28.7 Å². The normalized spacial score (nSPS) is 9.14. The van der Waals surface area contributed by atoms with Crippen molar-refractivity contribution in [3.8, 4) is 0 Å². The molecule has 0 aliphatic heterocycles. The minimum Gasteiger partial charge on any atom is -0.316 e. The molecule has 0 aliphatic rings. The molecule has 0 amide bonds. The molecule has 3 rings (SSSR count). The van der Waals surface area contributed by atoms with Crippen LogP contribution in [-0.4, -0.2) is 24.5 Å². The van der Waals surface area contributed by atoms with Gasteiger partial charge < -0.3 is 4.57 Å². The summed E-state index contributed by atoms with van der Waals surface area (Å²) in [5.74, 6) is 0.959. The Hall–Kier alpha value is -2.37. The minimum absolute atomic E-state index is 0. The van der Waals surface area contributed by atoms with E-state index in [9.17, 15) is 0 Å². The van der Waals surface area contributed by atoms with Gasteiger partial charge in [-0.1, -0.05) is 19.8 Å². The lowest BCUT2D eigenvalue weighted by atomic mass is 10.4. The number of rotatable bonds is 0. The molecule has 21 heavy (non-hydrogen) atoms. The quantitative estimate of drug-likeness (QED) is 0.595. The zero-order valence-corrected chi connectivity index (χ0v) is 11.6. The molecular formula is C15H25N6+. The molecule has 3 aromatic heterocycles. The van der Waals surface area contributed by atoms with Crippen molar-refractivity contribution in [2.75, 3.05) is 0 Å². The van der Waals surface area contributed by atoms with Crippen molar-refractivity contribution >= 4 is 11.2 Å². The van der Waals surface area contributed by atoms with Crippen molar-refractivity contribution < 1.29 is 4.57 Å². The molecule has 0 bridgehead atoms. The molecule has 0 spiro atoms. The van der Waals surface area contributed by atoms with Crippen LogP contribution < -0.4 is 4.57 Å². The second-order valence-corrected chi connectivity index (χ2v) is 4.38.